The average Bonchev–Trinajstić information content (AvgIpc) is 2.69. The first-order valence-corrected chi connectivity index (χ1v) is 6.27. The van der Waals surface area contributed by atoms with E-state index < -0.39 is 0 Å². The first kappa shape index (κ1) is 13.0. The Kier molecular flexibility index (Phi) is 3.61. The number of nitrogens with two attached hydrogens (primary N) is 1. The van der Waals surface area contributed by atoms with Crippen molar-refractivity contribution in [2.75, 3.05) is 17.7 Å². The number of nitrogens with zero attached hydrogens (tertiary/aromatic N) is 1. The quantitative estimate of drug-likeness (QED) is 0.879. The lowest BCUT2D eigenvalue weighted by atomic mass is 10.2. The van der Waals surface area contributed by atoms with E-state index in [4.69, 9.17) is 10.2 Å². The highest BCUT2D eigenvalue weighted by molar-refractivity contribution is 9.10. The minimum Gasteiger partial charge on any atom is -0.469 e. The second-order valence-corrected chi connectivity index (χ2v) is 5.04. The first-order chi connectivity index (χ1) is 8.49. The van der Waals surface area contributed by atoms with Crippen molar-refractivity contribution in [1.29, 1.82) is 0 Å². The van der Waals surface area contributed by atoms with Gasteiger partial charge in [0.15, 0.2) is 0 Å². The molecule has 5 heteroatoms. The molecule has 3 nitrogen and oxygen atoms in total. The van der Waals surface area contributed by atoms with Crippen LogP contribution in [0.3, 0.4) is 0 Å². The molecule has 2 rings (SSSR count). The van der Waals surface area contributed by atoms with Crippen molar-refractivity contribution in [3.8, 4) is 0 Å². The molecular formula is C13H14BrFN2O. The number of nitrogen functional groups attached to an aromatic ring is 1. The van der Waals surface area contributed by atoms with Crippen LogP contribution in [-0.2, 0) is 6.54 Å². The van der Waals surface area contributed by atoms with Crippen molar-refractivity contribution in [1.82, 2.24) is 0 Å². The van der Waals surface area contributed by atoms with Gasteiger partial charge in [-0.05, 0) is 35.0 Å². The maximum absolute atomic E-state index is 13.3. The summed E-state index contributed by atoms with van der Waals surface area (Å²) in [6.45, 7) is 2.57. The highest BCUT2D eigenvalue weighted by Gasteiger charge is 2.12. The molecule has 18 heavy (non-hydrogen) atoms. The van der Waals surface area contributed by atoms with Gasteiger partial charge in [0.25, 0.3) is 0 Å². The molecule has 0 radical (unpaired) electrons. The molecule has 1 heterocycles. The fourth-order valence-corrected chi connectivity index (χ4v) is 2.13. The predicted octanol–water partition coefficient (Wildman–Crippen LogP) is 3.71. The van der Waals surface area contributed by atoms with E-state index in [2.05, 4.69) is 15.9 Å². The predicted molar refractivity (Wildman–Crippen MR) is 74.1 cm³/mol. The van der Waals surface area contributed by atoms with Crippen LogP contribution in [0.15, 0.2) is 33.4 Å². The number of rotatable bonds is 3. The van der Waals surface area contributed by atoms with Gasteiger partial charge in [0.2, 0.25) is 0 Å². The van der Waals surface area contributed by atoms with Crippen molar-refractivity contribution < 1.29 is 8.81 Å². The Morgan fingerprint density at radius 3 is 2.78 bits per heavy atom. The van der Waals surface area contributed by atoms with Crippen molar-refractivity contribution >= 4 is 27.3 Å². The molecule has 0 aliphatic carbocycles. The summed E-state index contributed by atoms with van der Waals surface area (Å²) in [5.74, 6) is 0.519. The van der Waals surface area contributed by atoms with Crippen LogP contribution in [0.25, 0.3) is 0 Å². The van der Waals surface area contributed by atoms with Crippen LogP contribution < -0.4 is 10.6 Å². The smallest absolute Gasteiger partial charge is 0.139 e. The molecule has 0 amide bonds. The van der Waals surface area contributed by atoms with Gasteiger partial charge >= 0.3 is 0 Å². The highest BCUT2D eigenvalue weighted by Crippen LogP contribution is 2.30. The van der Waals surface area contributed by atoms with Crippen LogP contribution >= 0.6 is 15.9 Å². The van der Waals surface area contributed by atoms with Gasteiger partial charge in [0.1, 0.15) is 11.6 Å². The zero-order valence-electron chi connectivity index (χ0n) is 10.2. The van der Waals surface area contributed by atoms with Crippen LogP contribution in [0.2, 0.25) is 0 Å². The molecule has 2 N–H and O–H groups in total. The molecule has 0 spiro atoms. The molecule has 2 aromatic rings. The van der Waals surface area contributed by atoms with E-state index in [0.717, 1.165) is 17.0 Å². The SMILES string of the molecule is Cc1occc1CN(C)c1cc(Br)c(F)cc1N. The number of furan rings is 1. The fourth-order valence-electron chi connectivity index (χ4n) is 1.80. The number of hydrogen-bond donors (Lipinski definition) is 1. The molecule has 1 aromatic carbocycles. The normalized spacial score (nSPS) is 10.7. The summed E-state index contributed by atoms with van der Waals surface area (Å²) >= 11 is 3.17. The third kappa shape index (κ3) is 2.51. The number of anilines is 2. The van der Waals surface area contributed by atoms with Crippen molar-refractivity contribution in [3.63, 3.8) is 0 Å². The molecule has 0 bridgehead atoms. The van der Waals surface area contributed by atoms with Gasteiger partial charge in [-0.15, -0.1) is 0 Å². The van der Waals surface area contributed by atoms with Crippen LogP contribution in [0.4, 0.5) is 15.8 Å². The third-order valence-electron chi connectivity index (χ3n) is 2.85. The zero-order chi connectivity index (χ0) is 13.3. The Hall–Kier alpha value is -1.49. The standard InChI is InChI=1S/C13H14BrFN2O/c1-8-9(3-4-18-8)7-17(2)13-5-10(14)11(15)6-12(13)16/h3-6H,7,16H2,1-2H3. The van der Waals surface area contributed by atoms with Crippen molar-refractivity contribution in [3.05, 3.63) is 46.1 Å². The van der Waals surface area contributed by atoms with E-state index in [-0.39, 0.29) is 5.82 Å². The minimum absolute atomic E-state index is 0.357. The largest absolute Gasteiger partial charge is 0.469 e. The van der Waals surface area contributed by atoms with E-state index in [1.54, 1.807) is 12.3 Å². The summed E-state index contributed by atoms with van der Waals surface area (Å²) < 4.78 is 19.0. The van der Waals surface area contributed by atoms with Gasteiger partial charge in [0.05, 0.1) is 22.1 Å². The Labute approximate surface area is 114 Å². The summed E-state index contributed by atoms with van der Waals surface area (Å²) in [6, 6.07) is 4.92. The fraction of sp³-hybridized carbons (Fsp3) is 0.231. The molecule has 0 aliphatic rings. The molecule has 0 unspecified atom stereocenters. The van der Waals surface area contributed by atoms with E-state index in [1.807, 2.05) is 24.9 Å². The highest BCUT2D eigenvalue weighted by atomic mass is 79.9. The van der Waals surface area contributed by atoms with Crippen LogP contribution in [0.1, 0.15) is 11.3 Å². The number of benzene rings is 1. The van der Waals surface area contributed by atoms with Crippen LogP contribution in [0.5, 0.6) is 0 Å². The molecule has 1 aromatic heterocycles. The molecular weight excluding hydrogens is 299 g/mol. The van der Waals surface area contributed by atoms with Crippen molar-refractivity contribution in [2.45, 2.75) is 13.5 Å². The summed E-state index contributed by atoms with van der Waals surface area (Å²) in [4.78, 5) is 1.96. The number of aryl methyl sites for hydroxylation is 1. The van der Waals surface area contributed by atoms with Gasteiger partial charge in [-0.2, -0.15) is 0 Å². The topological polar surface area (TPSA) is 42.4 Å². The Balaban J connectivity index is 2.26. The maximum Gasteiger partial charge on any atom is 0.139 e. The van der Waals surface area contributed by atoms with Gasteiger partial charge < -0.3 is 15.1 Å². The molecule has 96 valence electrons. The van der Waals surface area contributed by atoms with Crippen LogP contribution in [0, 0.1) is 12.7 Å². The lowest BCUT2D eigenvalue weighted by Crippen LogP contribution is -2.18. The number of halogens is 2. The second-order valence-electron chi connectivity index (χ2n) is 4.18. The first-order valence-electron chi connectivity index (χ1n) is 5.47. The Morgan fingerprint density at radius 1 is 1.44 bits per heavy atom. The zero-order valence-corrected chi connectivity index (χ0v) is 11.8. The van der Waals surface area contributed by atoms with Crippen LogP contribution in [-0.4, -0.2) is 7.05 Å². The van der Waals surface area contributed by atoms with Gasteiger partial charge in [-0.3, -0.25) is 0 Å². The summed E-state index contributed by atoms with van der Waals surface area (Å²) in [5, 5.41) is 0. The number of hydrogen-bond acceptors (Lipinski definition) is 3. The molecule has 0 saturated heterocycles. The van der Waals surface area contributed by atoms with Gasteiger partial charge in [-0.1, -0.05) is 0 Å². The molecule has 0 aliphatic heterocycles. The second kappa shape index (κ2) is 5.02. The monoisotopic (exact) mass is 312 g/mol. The van der Waals surface area contributed by atoms with E-state index >= 15 is 0 Å². The van der Waals surface area contributed by atoms with E-state index in [1.165, 1.54) is 6.07 Å². The molecule has 0 fully saturated rings. The minimum atomic E-state index is -0.357. The summed E-state index contributed by atoms with van der Waals surface area (Å²) in [5.41, 5.74) is 8.11. The lowest BCUT2D eigenvalue weighted by molar-refractivity contribution is 0.529. The molecule has 0 saturated carbocycles. The summed E-state index contributed by atoms with van der Waals surface area (Å²) in [7, 11) is 1.91. The lowest BCUT2D eigenvalue weighted by Gasteiger charge is -2.21. The van der Waals surface area contributed by atoms with E-state index in [9.17, 15) is 4.39 Å². The summed E-state index contributed by atoms with van der Waals surface area (Å²) in [6.07, 6.45) is 1.66. The average molecular weight is 313 g/mol. The van der Waals surface area contributed by atoms with Gasteiger partial charge in [-0.25, -0.2) is 4.39 Å². The van der Waals surface area contributed by atoms with E-state index in [0.29, 0.717) is 16.7 Å². The van der Waals surface area contributed by atoms with Crippen molar-refractivity contribution in [2.24, 2.45) is 0 Å². The Morgan fingerprint density at radius 2 is 2.17 bits per heavy atom. The third-order valence-corrected chi connectivity index (χ3v) is 3.46. The maximum atomic E-state index is 13.3. The molecule has 0 atom stereocenters. The Bertz CT molecular complexity index is 568. The van der Waals surface area contributed by atoms with Gasteiger partial charge in [0, 0.05) is 25.2 Å².